The van der Waals surface area contributed by atoms with Gasteiger partial charge in [-0.2, -0.15) is 4.98 Å². The maximum Gasteiger partial charge on any atom is 0.224 e. The van der Waals surface area contributed by atoms with Gasteiger partial charge < -0.3 is 9.88 Å². The van der Waals surface area contributed by atoms with E-state index in [0.29, 0.717) is 12.2 Å². The zero-order valence-electron chi connectivity index (χ0n) is 9.11. The van der Waals surface area contributed by atoms with E-state index in [2.05, 4.69) is 15.3 Å². The fourth-order valence-corrected chi connectivity index (χ4v) is 2.43. The van der Waals surface area contributed by atoms with Crippen LogP contribution in [0.15, 0.2) is 18.5 Å². The fraction of sp³-hybridized carbons (Fsp3) is 0.455. The van der Waals surface area contributed by atoms with E-state index in [1.165, 1.54) is 0 Å². The predicted molar refractivity (Wildman–Crippen MR) is 64.0 cm³/mol. The highest BCUT2D eigenvalue weighted by molar-refractivity contribution is 6.28. The molecule has 17 heavy (non-hydrogen) atoms. The van der Waals surface area contributed by atoms with E-state index in [0.717, 1.165) is 18.4 Å². The van der Waals surface area contributed by atoms with Crippen LogP contribution < -0.4 is 5.32 Å². The summed E-state index contributed by atoms with van der Waals surface area (Å²) in [6.45, 7) is 1.22. The first kappa shape index (κ1) is 10.9. The molecule has 1 aliphatic heterocycles. The van der Waals surface area contributed by atoms with E-state index < -0.39 is 6.17 Å². The average Bonchev–Trinajstić information content (AvgIpc) is 2.72. The standard InChI is InChI=1S/C11H12ClFN4/c12-11-15-5-7-2-4-17(10(7)16-11)9-1-3-14-6-8(9)13/h2,4-5,8-9,14H,1,3,6H2/t8-,9+/m0/s1. The van der Waals surface area contributed by atoms with Crippen molar-refractivity contribution in [2.75, 3.05) is 13.1 Å². The molecule has 6 heteroatoms. The third-order valence-corrected chi connectivity index (χ3v) is 3.34. The van der Waals surface area contributed by atoms with E-state index in [4.69, 9.17) is 11.6 Å². The molecule has 1 saturated heterocycles. The Kier molecular flexibility index (Phi) is 2.72. The number of fused-ring (bicyclic) bond motifs is 1. The monoisotopic (exact) mass is 254 g/mol. The topological polar surface area (TPSA) is 42.7 Å². The number of nitrogens with zero attached hydrogens (tertiary/aromatic N) is 3. The third kappa shape index (κ3) is 1.89. The lowest BCUT2D eigenvalue weighted by Crippen LogP contribution is -2.39. The molecule has 0 unspecified atom stereocenters. The summed E-state index contributed by atoms with van der Waals surface area (Å²) in [6, 6.07) is 1.72. The lowest BCUT2D eigenvalue weighted by Gasteiger charge is -2.28. The van der Waals surface area contributed by atoms with Crippen LogP contribution in [0.4, 0.5) is 4.39 Å². The average molecular weight is 255 g/mol. The van der Waals surface area contributed by atoms with Crippen LogP contribution in [0.2, 0.25) is 5.28 Å². The second-order valence-corrected chi connectivity index (χ2v) is 4.56. The summed E-state index contributed by atoms with van der Waals surface area (Å²) in [5.74, 6) is 0. The van der Waals surface area contributed by atoms with Gasteiger partial charge in [-0.1, -0.05) is 0 Å². The molecular weight excluding hydrogens is 243 g/mol. The Morgan fingerprint density at radius 3 is 3.24 bits per heavy atom. The lowest BCUT2D eigenvalue weighted by atomic mass is 10.0. The van der Waals surface area contributed by atoms with Gasteiger partial charge in [0.05, 0.1) is 6.04 Å². The highest BCUT2D eigenvalue weighted by atomic mass is 35.5. The summed E-state index contributed by atoms with van der Waals surface area (Å²) in [5, 5.41) is 4.12. The van der Waals surface area contributed by atoms with Gasteiger partial charge in [-0.15, -0.1) is 0 Å². The Labute approximate surface area is 103 Å². The molecule has 0 aliphatic carbocycles. The minimum absolute atomic E-state index is 0.167. The predicted octanol–water partition coefficient (Wildman–Crippen LogP) is 1.96. The van der Waals surface area contributed by atoms with Crippen LogP contribution in [0.5, 0.6) is 0 Å². The molecule has 0 bridgehead atoms. The molecule has 2 aromatic rings. The Morgan fingerprint density at radius 2 is 2.41 bits per heavy atom. The minimum Gasteiger partial charge on any atom is -0.326 e. The minimum atomic E-state index is -0.895. The normalized spacial score (nSPS) is 25.3. The van der Waals surface area contributed by atoms with E-state index in [-0.39, 0.29) is 11.3 Å². The smallest absolute Gasteiger partial charge is 0.224 e. The van der Waals surface area contributed by atoms with Gasteiger partial charge in [0.2, 0.25) is 5.28 Å². The van der Waals surface area contributed by atoms with Gasteiger partial charge in [-0.25, -0.2) is 9.37 Å². The lowest BCUT2D eigenvalue weighted by molar-refractivity contribution is 0.187. The zero-order valence-corrected chi connectivity index (χ0v) is 9.86. The van der Waals surface area contributed by atoms with Crippen LogP contribution in [-0.4, -0.2) is 33.8 Å². The van der Waals surface area contributed by atoms with Crippen LogP contribution >= 0.6 is 11.6 Å². The van der Waals surface area contributed by atoms with Gasteiger partial charge in [0.15, 0.2) is 0 Å². The van der Waals surface area contributed by atoms with Crippen molar-refractivity contribution in [2.24, 2.45) is 0 Å². The van der Waals surface area contributed by atoms with Crippen LogP contribution in [0, 0.1) is 0 Å². The van der Waals surface area contributed by atoms with Crippen molar-refractivity contribution < 1.29 is 4.39 Å². The molecule has 3 heterocycles. The molecule has 3 rings (SSSR count). The number of alkyl halides is 1. The number of nitrogens with one attached hydrogen (secondary N) is 1. The molecule has 1 fully saturated rings. The van der Waals surface area contributed by atoms with Crippen LogP contribution in [-0.2, 0) is 0 Å². The summed E-state index contributed by atoms with van der Waals surface area (Å²) in [7, 11) is 0. The molecular formula is C11H12ClFN4. The second kappa shape index (κ2) is 4.23. The van der Waals surface area contributed by atoms with Crippen molar-refractivity contribution in [3.8, 4) is 0 Å². The maximum atomic E-state index is 13.9. The van der Waals surface area contributed by atoms with Crippen LogP contribution in [0.1, 0.15) is 12.5 Å². The summed E-state index contributed by atoms with van der Waals surface area (Å²) in [6.07, 6.45) is 3.38. The Balaban J connectivity index is 2.07. The van der Waals surface area contributed by atoms with Crippen molar-refractivity contribution in [1.82, 2.24) is 19.9 Å². The molecule has 0 aromatic carbocycles. The molecule has 0 spiro atoms. The molecule has 4 nitrogen and oxygen atoms in total. The number of hydrogen-bond acceptors (Lipinski definition) is 3. The number of rotatable bonds is 1. The SMILES string of the molecule is F[C@H]1CNCC[C@H]1n1ccc2cnc(Cl)nc21. The number of aromatic nitrogens is 3. The summed E-state index contributed by atoms with van der Waals surface area (Å²) < 4.78 is 15.7. The Hall–Kier alpha value is -1.20. The molecule has 1 N–H and O–H groups in total. The van der Waals surface area contributed by atoms with E-state index >= 15 is 0 Å². The molecule has 1 aliphatic rings. The largest absolute Gasteiger partial charge is 0.326 e. The van der Waals surface area contributed by atoms with Crippen molar-refractivity contribution in [1.29, 1.82) is 0 Å². The second-order valence-electron chi connectivity index (χ2n) is 4.22. The van der Waals surface area contributed by atoms with Crippen molar-refractivity contribution in [3.05, 3.63) is 23.7 Å². The summed E-state index contributed by atoms with van der Waals surface area (Å²) in [4.78, 5) is 8.10. The highest BCUT2D eigenvalue weighted by Crippen LogP contribution is 2.26. The molecule has 2 atom stereocenters. The first-order valence-electron chi connectivity index (χ1n) is 5.59. The zero-order chi connectivity index (χ0) is 11.8. The molecule has 0 radical (unpaired) electrons. The van der Waals surface area contributed by atoms with Gasteiger partial charge in [0, 0.05) is 24.3 Å². The van der Waals surface area contributed by atoms with E-state index in [9.17, 15) is 4.39 Å². The van der Waals surface area contributed by atoms with Crippen molar-refractivity contribution in [3.63, 3.8) is 0 Å². The van der Waals surface area contributed by atoms with Crippen LogP contribution in [0.25, 0.3) is 11.0 Å². The number of halogens is 2. The van der Waals surface area contributed by atoms with Crippen molar-refractivity contribution in [2.45, 2.75) is 18.6 Å². The van der Waals surface area contributed by atoms with Crippen LogP contribution in [0.3, 0.4) is 0 Å². The first-order chi connectivity index (χ1) is 8.25. The first-order valence-corrected chi connectivity index (χ1v) is 5.97. The quantitative estimate of drug-likeness (QED) is 0.791. The van der Waals surface area contributed by atoms with Gasteiger partial charge >= 0.3 is 0 Å². The highest BCUT2D eigenvalue weighted by Gasteiger charge is 2.27. The van der Waals surface area contributed by atoms with Gasteiger partial charge in [0.25, 0.3) is 0 Å². The van der Waals surface area contributed by atoms with Gasteiger partial charge in [0.1, 0.15) is 11.8 Å². The number of piperidine rings is 1. The fourth-order valence-electron chi connectivity index (χ4n) is 2.30. The molecule has 0 amide bonds. The number of hydrogen-bond donors (Lipinski definition) is 1. The third-order valence-electron chi connectivity index (χ3n) is 3.16. The Bertz CT molecular complexity index is 541. The van der Waals surface area contributed by atoms with E-state index in [1.807, 2.05) is 16.8 Å². The van der Waals surface area contributed by atoms with Gasteiger partial charge in [-0.3, -0.25) is 0 Å². The Morgan fingerprint density at radius 1 is 1.53 bits per heavy atom. The van der Waals surface area contributed by atoms with Gasteiger partial charge in [-0.05, 0) is 30.6 Å². The summed E-state index contributed by atoms with van der Waals surface area (Å²) >= 11 is 5.78. The maximum absolute atomic E-state index is 13.9. The summed E-state index contributed by atoms with van der Waals surface area (Å²) in [5.41, 5.74) is 0.708. The van der Waals surface area contributed by atoms with E-state index in [1.54, 1.807) is 6.20 Å². The molecule has 0 saturated carbocycles. The van der Waals surface area contributed by atoms with Crippen molar-refractivity contribution >= 4 is 22.6 Å². The molecule has 90 valence electrons. The molecule has 2 aromatic heterocycles.